The number of hydrazine groups is 1. The lowest BCUT2D eigenvalue weighted by Gasteiger charge is -2.20. The molecule has 3 N–H and O–H groups in total. The average Bonchev–Trinajstić information content (AvgIpc) is 2.36. The van der Waals surface area contributed by atoms with E-state index in [0.717, 1.165) is 17.7 Å². The van der Waals surface area contributed by atoms with Gasteiger partial charge >= 0.3 is 0 Å². The maximum atomic E-state index is 11.4. The monoisotopic (exact) mass is 263 g/mol. The zero-order valence-electron chi connectivity index (χ0n) is 9.79. The molecule has 0 saturated carbocycles. The van der Waals surface area contributed by atoms with Crippen molar-refractivity contribution in [3.63, 3.8) is 0 Å². The van der Waals surface area contributed by atoms with Crippen molar-refractivity contribution in [2.45, 2.75) is 0 Å². The van der Waals surface area contributed by atoms with Gasteiger partial charge in [0.2, 0.25) is 5.91 Å². The number of rotatable bonds is 3. The molecular formula is C12H13N3O2S. The van der Waals surface area contributed by atoms with Gasteiger partial charge in [-0.2, -0.15) is 0 Å². The number of carbonyl (C=O) groups is 2. The van der Waals surface area contributed by atoms with Crippen molar-refractivity contribution in [3.8, 4) is 0 Å². The van der Waals surface area contributed by atoms with Gasteiger partial charge in [0.25, 0.3) is 5.91 Å². The van der Waals surface area contributed by atoms with Crippen molar-refractivity contribution in [2.24, 2.45) is 5.73 Å². The van der Waals surface area contributed by atoms with Crippen LogP contribution in [0.3, 0.4) is 0 Å². The molecule has 0 spiro atoms. The first kappa shape index (κ1) is 13.9. The molecule has 0 aromatic heterocycles. The summed E-state index contributed by atoms with van der Waals surface area (Å²) in [6.07, 6.45) is 2.03. The van der Waals surface area contributed by atoms with Crippen LogP contribution in [0.25, 0.3) is 0 Å². The highest BCUT2D eigenvalue weighted by atomic mass is 32.1. The van der Waals surface area contributed by atoms with Crippen LogP contribution in [0, 0.1) is 0 Å². The standard InChI is InChI=1S/C12H13N3O2S/c1-15(14-11(17)8-7-10(13)16)12(18)9-5-3-2-4-6-9/h2-8H,1H3,(H2,13,16)(H,14,17)/b8-7+. The highest BCUT2D eigenvalue weighted by molar-refractivity contribution is 7.80. The van der Waals surface area contributed by atoms with Crippen LogP contribution in [0.2, 0.25) is 0 Å². The number of nitrogens with two attached hydrogens (primary N) is 1. The van der Waals surface area contributed by atoms with Crippen molar-refractivity contribution in [3.05, 3.63) is 48.0 Å². The topological polar surface area (TPSA) is 75.4 Å². The molecule has 0 radical (unpaired) electrons. The largest absolute Gasteiger partial charge is 0.366 e. The van der Waals surface area contributed by atoms with Crippen molar-refractivity contribution < 1.29 is 9.59 Å². The van der Waals surface area contributed by atoms with Gasteiger partial charge in [-0.1, -0.05) is 42.5 Å². The molecule has 0 aliphatic heterocycles. The predicted octanol–water partition coefficient (Wildman–Crippen LogP) is 0.367. The SMILES string of the molecule is CN(NC(=O)/C=C/C(N)=O)C(=S)c1ccccc1. The minimum atomic E-state index is -0.682. The number of hydrogen-bond donors (Lipinski definition) is 2. The fourth-order valence-electron chi connectivity index (χ4n) is 1.19. The van der Waals surface area contributed by atoms with E-state index in [9.17, 15) is 9.59 Å². The van der Waals surface area contributed by atoms with Gasteiger partial charge in [0.05, 0.1) is 0 Å². The molecule has 94 valence electrons. The number of amides is 2. The molecule has 0 aliphatic rings. The molecule has 1 aromatic rings. The fourth-order valence-corrected chi connectivity index (χ4v) is 1.37. The van der Waals surface area contributed by atoms with E-state index in [1.165, 1.54) is 5.01 Å². The zero-order valence-corrected chi connectivity index (χ0v) is 10.6. The van der Waals surface area contributed by atoms with Crippen molar-refractivity contribution in [1.29, 1.82) is 0 Å². The van der Waals surface area contributed by atoms with Crippen LogP contribution in [0.15, 0.2) is 42.5 Å². The van der Waals surface area contributed by atoms with Gasteiger partial charge in [-0.05, 0) is 0 Å². The lowest BCUT2D eigenvalue weighted by Crippen LogP contribution is -2.42. The summed E-state index contributed by atoms with van der Waals surface area (Å²) in [6.45, 7) is 0. The van der Waals surface area contributed by atoms with Gasteiger partial charge in [-0.3, -0.25) is 20.0 Å². The van der Waals surface area contributed by atoms with Gasteiger partial charge < -0.3 is 5.73 Å². The van der Waals surface area contributed by atoms with Gasteiger partial charge in [0.15, 0.2) is 0 Å². The first-order valence-corrected chi connectivity index (χ1v) is 5.53. The van der Waals surface area contributed by atoms with Crippen LogP contribution in [-0.4, -0.2) is 28.9 Å². The molecule has 0 aliphatic carbocycles. The van der Waals surface area contributed by atoms with Crippen LogP contribution in [0.4, 0.5) is 0 Å². The van der Waals surface area contributed by atoms with Crippen molar-refractivity contribution >= 4 is 29.0 Å². The maximum Gasteiger partial charge on any atom is 0.262 e. The van der Waals surface area contributed by atoms with E-state index in [2.05, 4.69) is 5.43 Å². The Balaban J connectivity index is 2.61. The van der Waals surface area contributed by atoms with Crippen LogP contribution in [0.5, 0.6) is 0 Å². The summed E-state index contributed by atoms with van der Waals surface area (Å²) in [7, 11) is 1.62. The minimum Gasteiger partial charge on any atom is -0.366 e. The van der Waals surface area contributed by atoms with Gasteiger partial charge in [0, 0.05) is 24.8 Å². The lowest BCUT2D eigenvalue weighted by molar-refractivity contribution is -0.119. The molecule has 2 amide bonds. The summed E-state index contributed by atoms with van der Waals surface area (Å²) in [5, 5.41) is 1.40. The molecule has 0 atom stereocenters. The maximum absolute atomic E-state index is 11.4. The Kier molecular flexibility index (Phi) is 5.01. The molecular weight excluding hydrogens is 250 g/mol. The molecule has 0 fully saturated rings. The third-order valence-corrected chi connectivity index (χ3v) is 2.51. The third kappa shape index (κ3) is 4.34. The minimum absolute atomic E-state index is 0.469. The molecule has 1 rings (SSSR count). The molecule has 0 unspecified atom stereocenters. The summed E-state index contributed by atoms with van der Waals surface area (Å²) < 4.78 is 0. The number of thiocarbonyl (C=S) groups is 1. The van der Waals surface area contributed by atoms with Crippen LogP contribution >= 0.6 is 12.2 Å². The first-order valence-electron chi connectivity index (χ1n) is 5.12. The van der Waals surface area contributed by atoms with E-state index in [-0.39, 0.29) is 0 Å². The molecule has 18 heavy (non-hydrogen) atoms. The van der Waals surface area contributed by atoms with Crippen LogP contribution < -0.4 is 11.2 Å². The summed E-state index contributed by atoms with van der Waals surface area (Å²) in [5.74, 6) is -1.16. The molecule has 0 heterocycles. The Morgan fingerprint density at radius 2 is 1.89 bits per heavy atom. The average molecular weight is 263 g/mol. The fraction of sp³-hybridized carbons (Fsp3) is 0.0833. The highest BCUT2D eigenvalue weighted by Gasteiger charge is 2.08. The molecule has 6 heteroatoms. The van der Waals surface area contributed by atoms with Crippen LogP contribution in [0.1, 0.15) is 5.56 Å². The summed E-state index contributed by atoms with van der Waals surface area (Å²) >= 11 is 5.19. The second-order valence-corrected chi connectivity index (χ2v) is 3.83. The number of benzene rings is 1. The smallest absolute Gasteiger partial charge is 0.262 e. The molecule has 0 bridgehead atoms. The molecule has 5 nitrogen and oxygen atoms in total. The number of nitrogens with one attached hydrogen (secondary N) is 1. The van der Waals surface area contributed by atoms with E-state index < -0.39 is 11.8 Å². The third-order valence-electron chi connectivity index (χ3n) is 2.00. The summed E-state index contributed by atoms with van der Waals surface area (Å²) in [6, 6.07) is 9.25. The van der Waals surface area contributed by atoms with E-state index in [4.69, 9.17) is 18.0 Å². The lowest BCUT2D eigenvalue weighted by atomic mass is 10.2. The van der Waals surface area contributed by atoms with Gasteiger partial charge in [-0.15, -0.1) is 0 Å². The number of carbonyl (C=O) groups excluding carboxylic acids is 2. The number of primary amides is 1. The zero-order chi connectivity index (χ0) is 13.5. The van der Waals surface area contributed by atoms with E-state index in [0.29, 0.717) is 4.99 Å². The predicted molar refractivity (Wildman–Crippen MR) is 72.4 cm³/mol. The number of nitrogens with zero attached hydrogens (tertiary/aromatic N) is 1. The highest BCUT2D eigenvalue weighted by Crippen LogP contribution is 2.02. The van der Waals surface area contributed by atoms with E-state index in [1.54, 1.807) is 7.05 Å². The number of hydrogen-bond acceptors (Lipinski definition) is 3. The molecule has 1 aromatic carbocycles. The Hall–Kier alpha value is -2.21. The summed E-state index contributed by atoms with van der Waals surface area (Å²) in [4.78, 5) is 22.3. The molecule has 0 saturated heterocycles. The Labute approximate surface area is 110 Å². The van der Waals surface area contributed by atoms with Crippen molar-refractivity contribution in [2.75, 3.05) is 7.05 Å². The van der Waals surface area contributed by atoms with Gasteiger partial charge in [-0.25, -0.2) is 0 Å². The quantitative estimate of drug-likeness (QED) is 0.469. The van der Waals surface area contributed by atoms with E-state index in [1.807, 2.05) is 30.3 Å². The van der Waals surface area contributed by atoms with Crippen molar-refractivity contribution in [1.82, 2.24) is 10.4 Å². The van der Waals surface area contributed by atoms with E-state index >= 15 is 0 Å². The first-order chi connectivity index (χ1) is 8.50. The normalized spacial score (nSPS) is 10.1. The summed E-state index contributed by atoms with van der Waals surface area (Å²) in [5.41, 5.74) is 8.18. The van der Waals surface area contributed by atoms with Gasteiger partial charge in [0.1, 0.15) is 4.99 Å². The Bertz CT molecular complexity index is 485. The Morgan fingerprint density at radius 1 is 1.28 bits per heavy atom. The second kappa shape index (κ2) is 6.51. The van der Waals surface area contributed by atoms with Crippen LogP contribution in [-0.2, 0) is 9.59 Å². The Morgan fingerprint density at radius 3 is 2.44 bits per heavy atom. The second-order valence-electron chi connectivity index (χ2n) is 3.44.